The van der Waals surface area contributed by atoms with E-state index in [9.17, 15) is 13.9 Å². The van der Waals surface area contributed by atoms with Gasteiger partial charge in [-0.15, -0.1) is 0 Å². The number of pyridine rings is 3. The van der Waals surface area contributed by atoms with Crippen molar-refractivity contribution in [3.8, 4) is 11.1 Å². The van der Waals surface area contributed by atoms with Crippen molar-refractivity contribution in [3.63, 3.8) is 0 Å². The van der Waals surface area contributed by atoms with Crippen LogP contribution < -0.4 is 15.1 Å². The molecule has 0 saturated carbocycles. The Bertz CT molecular complexity index is 1450. The first kappa shape index (κ1) is 23.4. The Labute approximate surface area is 212 Å². The number of rotatable bonds is 5. The lowest BCUT2D eigenvalue weighted by Crippen LogP contribution is -2.46. The summed E-state index contributed by atoms with van der Waals surface area (Å²) in [6.07, 6.45) is 5.53. The molecule has 0 aliphatic carbocycles. The van der Waals surface area contributed by atoms with Gasteiger partial charge >= 0.3 is 0 Å². The van der Waals surface area contributed by atoms with Crippen LogP contribution in [-0.2, 0) is 0 Å². The average molecular weight is 505 g/mol. The number of aliphatic hydroxyl groups excluding tert-OH is 1. The number of hydrogen-bond acceptors (Lipinski definition) is 9. The van der Waals surface area contributed by atoms with Crippen molar-refractivity contribution in [2.24, 2.45) is 0 Å². The Balaban J connectivity index is 1.37. The standard InChI is InChI=1S/C26H26F2N8O/c1-15-5-10-36(15)25-19-13-31-23(11-17(19)18(12-32-25)16-3-2-7-29-24(16)28)33-22-4-8-30-26(34-22)35-9-6-21(37)20(27)14-35/h2-4,7-8,11-13,15,20-21,37H,5-6,9-10,14H2,1H3,(H,30,31,33,34)/t15?,20-,21+/m0/s1. The fourth-order valence-corrected chi connectivity index (χ4v) is 4.83. The number of alkyl halides is 1. The van der Waals surface area contributed by atoms with Gasteiger partial charge in [0.1, 0.15) is 23.6 Å². The highest BCUT2D eigenvalue weighted by Gasteiger charge is 2.29. The lowest BCUT2D eigenvalue weighted by atomic mass is 10.00. The summed E-state index contributed by atoms with van der Waals surface area (Å²) < 4.78 is 28.7. The molecule has 2 saturated heterocycles. The molecule has 37 heavy (non-hydrogen) atoms. The van der Waals surface area contributed by atoms with E-state index < -0.39 is 18.2 Å². The molecule has 6 heterocycles. The van der Waals surface area contributed by atoms with Gasteiger partial charge in [0.05, 0.1) is 12.6 Å². The zero-order chi connectivity index (χ0) is 25.5. The van der Waals surface area contributed by atoms with Crippen LogP contribution in [0.2, 0.25) is 0 Å². The lowest BCUT2D eigenvalue weighted by Gasteiger charge is -2.40. The van der Waals surface area contributed by atoms with Crippen molar-refractivity contribution in [1.82, 2.24) is 24.9 Å². The van der Waals surface area contributed by atoms with Crippen LogP contribution in [0.3, 0.4) is 0 Å². The normalized spacial score (nSPS) is 21.7. The van der Waals surface area contributed by atoms with Gasteiger partial charge < -0.3 is 20.2 Å². The van der Waals surface area contributed by atoms with Crippen molar-refractivity contribution < 1.29 is 13.9 Å². The first-order valence-corrected chi connectivity index (χ1v) is 12.3. The lowest BCUT2D eigenvalue weighted by molar-refractivity contribution is 0.0612. The molecule has 1 unspecified atom stereocenters. The van der Waals surface area contributed by atoms with Gasteiger partial charge in [0, 0.05) is 65.8 Å². The molecule has 4 aromatic heterocycles. The largest absolute Gasteiger partial charge is 0.390 e. The second-order valence-electron chi connectivity index (χ2n) is 9.47. The van der Waals surface area contributed by atoms with E-state index in [1.807, 2.05) is 6.07 Å². The van der Waals surface area contributed by atoms with Crippen LogP contribution in [0, 0.1) is 5.95 Å². The molecule has 0 aromatic carbocycles. The van der Waals surface area contributed by atoms with E-state index >= 15 is 0 Å². The quantitative estimate of drug-likeness (QED) is 0.392. The maximum atomic E-state index is 14.7. The first-order valence-electron chi connectivity index (χ1n) is 12.3. The Morgan fingerprint density at radius 2 is 1.86 bits per heavy atom. The first-order chi connectivity index (χ1) is 18.0. The van der Waals surface area contributed by atoms with E-state index in [0.717, 1.165) is 29.6 Å². The second kappa shape index (κ2) is 9.47. The third-order valence-corrected chi connectivity index (χ3v) is 7.08. The molecule has 6 rings (SSSR count). The fraction of sp³-hybridized carbons (Fsp3) is 0.346. The van der Waals surface area contributed by atoms with Crippen LogP contribution in [0.5, 0.6) is 0 Å². The van der Waals surface area contributed by atoms with E-state index in [4.69, 9.17) is 0 Å². The molecule has 0 spiro atoms. The second-order valence-corrected chi connectivity index (χ2v) is 9.47. The van der Waals surface area contributed by atoms with E-state index in [2.05, 4.69) is 42.1 Å². The molecule has 2 aliphatic heterocycles. The van der Waals surface area contributed by atoms with Crippen molar-refractivity contribution in [3.05, 3.63) is 55.0 Å². The number of aromatic nitrogens is 5. The number of fused-ring (bicyclic) bond motifs is 1. The van der Waals surface area contributed by atoms with Crippen molar-refractivity contribution in [1.29, 1.82) is 0 Å². The minimum absolute atomic E-state index is 0.0313. The SMILES string of the molecule is CC1CCN1c1ncc(-c2cccnc2F)c2cc(Nc3ccnc(N4CC[C@@H](O)[C@@H](F)C4)n3)ncc12. The maximum Gasteiger partial charge on any atom is 0.227 e. The summed E-state index contributed by atoms with van der Waals surface area (Å²) in [5, 5.41) is 14.5. The summed E-state index contributed by atoms with van der Waals surface area (Å²) in [5.41, 5.74) is 0.977. The van der Waals surface area contributed by atoms with E-state index in [1.165, 1.54) is 6.20 Å². The predicted molar refractivity (Wildman–Crippen MR) is 137 cm³/mol. The summed E-state index contributed by atoms with van der Waals surface area (Å²) in [4.78, 5) is 25.8. The zero-order valence-corrected chi connectivity index (χ0v) is 20.2. The van der Waals surface area contributed by atoms with Gasteiger partial charge in [-0.3, -0.25) is 0 Å². The summed E-state index contributed by atoms with van der Waals surface area (Å²) in [6.45, 7) is 3.55. The smallest absolute Gasteiger partial charge is 0.227 e. The van der Waals surface area contributed by atoms with E-state index in [-0.39, 0.29) is 6.54 Å². The molecule has 0 bridgehead atoms. The zero-order valence-electron chi connectivity index (χ0n) is 20.2. The topological polar surface area (TPSA) is 103 Å². The fourth-order valence-electron chi connectivity index (χ4n) is 4.83. The van der Waals surface area contributed by atoms with Crippen LogP contribution in [0.4, 0.5) is 32.2 Å². The highest BCUT2D eigenvalue weighted by molar-refractivity contribution is 6.03. The Kier molecular flexibility index (Phi) is 5.99. The number of halogens is 2. The summed E-state index contributed by atoms with van der Waals surface area (Å²) in [6, 6.07) is 7.29. The van der Waals surface area contributed by atoms with Gasteiger partial charge in [0.15, 0.2) is 0 Å². The molecule has 2 fully saturated rings. The summed E-state index contributed by atoms with van der Waals surface area (Å²) >= 11 is 0. The number of piperidine rings is 1. The van der Waals surface area contributed by atoms with Gasteiger partial charge in [-0.05, 0) is 44.0 Å². The Hall–Kier alpha value is -3.99. The molecular formula is C26H26F2N8O. The van der Waals surface area contributed by atoms with E-state index in [1.54, 1.807) is 41.7 Å². The van der Waals surface area contributed by atoms with Gasteiger partial charge in [-0.2, -0.15) is 9.37 Å². The monoisotopic (exact) mass is 504 g/mol. The molecule has 190 valence electrons. The number of nitrogens with zero attached hydrogens (tertiary/aromatic N) is 7. The minimum atomic E-state index is -1.35. The number of hydrogen-bond donors (Lipinski definition) is 2. The molecule has 0 radical (unpaired) electrons. The van der Waals surface area contributed by atoms with Crippen LogP contribution in [0.1, 0.15) is 19.8 Å². The Morgan fingerprint density at radius 1 is 0.973 bits per heavy atom. The van der Waals surface area contributed by atoms with Crippen molar-refractivity contribution >= 4 is 34.2 Å². The molecule has 2 aliphatic rings. The van der Waals surface area contributed by atoms with Gasteiger partial charge in [0.25, 0.3) is 0 Å². The van der Waals surface area contributed by atoms with Gasteiger partial charge in [-0.1, -0.05) is 0 Å². The molecular weight excluding hydrogens is 478 g/mol. The third kappa shape index (κ3) is 4.39. The van der Waals surface area contributed by atoms with Crippen molar-refractivity contribution in [2.75, 3.05) is 34.8 Å². The van der Waals surface area contributed by atoms with Crippen molar-refractivity contribution in [2.45, 2.75) is 38.1 Å². The summed E-state index contributed by atoms with van der Waals surface area (Å²) in [7, 11) is 0. The summed E-state index contributed by atoms with van der Waals surface area (Å²) in [5.74, 6) is 1.61. The highest BCUT2D eigenvalue weighted by atomic mass is 19.1. The van der Waals surface area contributed by atoms with Crippen LogP contribution in [0.25, 0.3) is 21.9 Å². The molecule has 9 nitrogen and oxygen atoms in total. The molecule has 0 amide bonds. The highest BCUT2D eigenvalue weighted by Crippen LogP contribution is 2.37. The molecule has 4 aromatic rings. The third-order valence-electron chi connectivity index (χ3n) is 7.08. The number of aliphatic hydroxyl groups is 1. The van der Waals surface area contributed by atoms with Gasteiger partial charge in [0.2, 0.25) is 11.9 Å². The van der Waals surface area contributed by atoms with Gasteiger partial charge in [-0.25, -0.2) is 24.3 Å². The molecule has 2 N–H and O–H groups in total. The van der Waals surface area contributed by atoms with Crippen LogP contribution in [-0.4, -0.2) is 68.0 Å². The average Bonchev–Trinajstić information content (AvgIpc) is 2.90. The maximum absolute atomic E-state index is 14.7. The number of nitrogens with one attached hydrogen (secondary N) is 1. The molecule has 3 atom stereocenters. The van der Waals surface area contributed by atoms with E-state index in [0.29, 0.717) is 47.7 Å². The predicted octanol–water partition coefficient (Wildman–Crippen LogP) is 3.87. The minimum Gasteiger partial charge on any atom is -0.390 e. The van der Waals surface area contributed by atoms with Crippen LogP contribution in [0.15, 0.2) is 49.1 Å². The van der Waals surface area contributed by atoms with Crippen LogP contribution >= 0.6 is 0 Å². The number of anilines is 4. The Morgan fingerprint density at radius 3 is 2.62 bits per heavy atom. The molecule has 11 heteroatoms.